The van der Waals surface area contributed by atoms with E-state index in [4.69, 9.17) is 0 Å². The Morgan fingerprint density at radius 2 is 1.50 bits per heavy atom. The number of halogens is 4. The smallest absolute Gasteiger partial charge is 0.368 e. The second-order valence-electron chi connectivity index (χ2n) is 5.92. The Balaban J connectivity index is 1.75. The van der Waals surface area contributed by atoms with Crippen LogP contribution in [-0.2, 0) is 6.18 Å². The molecule has 0 N–H and O–H groups in total. The second kappa shape index (κ2) is 6.34. The highest BCUT2D eigenvalue weighted by Gasteiger charge is 2.33. The van der Waals surface area contributed by atoms with Crippen LogP contribution in [0.2, 0.25) is 0 Å². The van der Waals surface area contributed by atoms with Crippen molar-refractivity contribution in [3.63, 3.8) is 0 Å². The number of aryl methyl sites for hydroxylation is 1. The number of hydrogen-bond acceptors (Lipinski definition) is 2. The molecule has 6 heteroatoms. The average molecular weight is 338 g/mol. The van der Waals surface area contributed by atoms with Crippen molar-refractivity contribution in [2.45, 2.75) is 13.1 Å². The third-order valence-electron chi connectivity index (χ3n) is 4.36. The topological polar surface area (TPSA) is 6.48 Å². The van der Waals surface area contributed by atoms with Crippen LogP contribution in [-0.4, -0.2) is 26.2 Å². The van der Waals surface area contributed by atoms with Crippen molar-refractivity contribution in [1.29, 1.82) is 0 Å². The van der Waals surface area contributed by atoms with Gasteiger partial charge in [-0.25, -0.2) is 4.39 Å². The first kappa shape index (κ1) is 16.6. The molecule has 2 nitrogen and oxygen atoms in total. The molecule has 0 aromatic heterocycles. The maximum absolute atomic E-state index is 13.8. The lowest BCUT2D eigenvalue weighted by atomic mass is 10.1. The number of benzene rings is 2. The number of nitrogens with zero attached hydrogens (tertiary/aromatic N) is 2. The third kappa shape index (κ3) is 3.32. The lowest BCUT2D eigenvalue weighted by Crippen LogP contribution is -2.46. The molecule has 0 radical (unpaired) electrons. The minimum atomic E-state index is -4.35. The van der Waals surface area contributed by atoms with Gasteiger partial charge in [-0.15, -0.1) is 0 Å². The first-order valence-corrected chi connectivity index (χ1v) is 7.78. The van der Waals surface area contributed by atoms with Crippen LogP contribution in [0.15, 0.2) is 42.5 Å². The minimum Gasteiger partial charge on any atom is -0.368 e. The largest absolute Gasteiger partial charge is 0.416 e. The molecule has 1 fully saturated rings. The van der Waals surface area contributed by atoms with Crippen LogP contribution < -0.4 is 9.80 Å². The lowest BCUT2D eigenvalue weighted by Gasteiger charge is -2.37. The molecule has 0 bridgehead atoms. The average Bonchev–Trinajstić information content (AvgIpc) is 2.55. The van der Waals surface area contributed by atoms with E-state index in [1.807, 2.05) is 9.80 Å². The summed E-state index contributed by atoms with van der Waals surface area (Å²) in [6.07, 6.45) is -4.35. The molecule has 0 spiro atoms. The first-order chi connectivity index (χ1) is 11.4. The van der Waals surface area contributed by atoms with E-state index in [0.717, 1.165) is 0 Å². The molecular formula is C18H18F4N2. The monoisotopic (exact) mass is 338 g/mol. The predicted octanol–water partition coefficient (Wildman–Crippen LogP) is 4.48. The van der Waals surface area contributed by atoms with Gasteiger partial charge in [0.25, 0.3) is 0 Å². The molecule has 0 amide bonds. The van der Waals surface area contributed by atoms with Crippen molar-refractivity contribution in [3.8, 4) is 0 Å². The normalized spacial score (nSPS) is 15.7. The van der Waals surface area contributed by atoms with Crippen LogP contribution in [0, 0.1) is 12.7 Å². The number of hydrogen-bond donors (Lipinski definition) is 0. The summed E-state index contributed by atoms with van der Waals surface area (Å²) in [6.45, 7) is 3.69. The fraction of sp³-hybridized carbons (Fsp3) is 0.333. The zero-order valence-electron chi connectivity index (χ0n) is 13.3. The Morgan fingerprint density at radius 3 is 2.12 bits per heavy atom. The summed E-state index contributed by atoms with van der Waals surface area (Å²) in [5.74, 6) is -0.277. The summed E-state index contributed by atoms with van der Waals surface area (Å²) in [7, 11) is 0. The summed E-state index contributed by atoms with van der Waals surface area (Å²) in [6, 6.07) is 11.0. The van der Waals surface area contributed by atoms with E-state index in [0.29, 0.717) is 37.6 Å². The molecule has 128 valence electrons. The van der Waals surface area contributed by atoms with Crippen LogP contribution in [0.25, 0.3) is 0 Å². The summed E-state index contributed by atoms with van der Waals surface area (Å²) in [5.41, 5.74) is 0.714. The molecule has 0 atom stereocenters. The molecule has 24 heavy (non-hydrogen) atoms. The Morgan fingerprint density at radius 1 is 0.875 bits per heavy atom. The molecule has 3 rings (SSSR count). The van der Waals surface area contributed by atoms with Crippen molar-refractivity contribution < 1.29 is 17.6 Å². The minimum absolute atomic E-state index is 0.219. The Bertz CT molecular complexity index is 719. The highest BCUT2D eigenvalue weighted by molar-refractivity contribution is 5.54. The van der Waals surface area contributed by atoms with Gasteiger partial charge in [-0.05, 0) is 36.8 Å². The van der Waals surface area contributed by atoms with Gasteiger partial charge in [-0.3, -0.25) is 0 Å². The molecule has 0 aliphatic carbocycles. The van der Waals surface area contributed by atoms with E-state index in [1.54, 1.807) is 24.3 Å². The van der Waals surface area contributed by atoms with E-state index in [1.165, 1.54) is 25.1 Å². The van der Waals surface area contributed by atoms with Gasteiger partial charge in [0.2, 0.25) is 0 Å². The van der Waals surface area contributed by atoms with Gasteiger partial charge in [0.15, 0.2) is 0 Å². The quantitative estimate of drug-likeness (QED) is 0.745. The molecule has 0 saturated carbocycles. The fourth-order valence-corrected chi connectivity index (χ4v) is 3.03. The van der Waals surface area contributed by atoms with Crippen LogP contribution in [0.1, 0.15) is 11.1 Å². The molecule has 1 aliphatic heterocycles. The maximum atomic E-state index is 13.8. The lowest BCUT2D eigenvalue weighted by molar-refractivity contribution is -0.138. The standard InChI is InChI=1S/C18H18F4N2/c1-13-6-7-14(12-15(13)18(20,21)22)23-8-10-24(11-9-23)17-5-3-2-4-16(17)19/h2-7,12H,8-11H2,1H3. The van der Waals surface area contributed by atoms with E-state index in [2.05, 4.69) is 0 Å². The van der Waals surface area contributed by atoms with Gasteiger partial charge in [-0.2, -0.15) is 13.2 Å². The van der Waals surface area contributed by atoms with Crippen molar-refractivity contribution in [2.75, 3.05) is 36.0 Å². The SMILES string of the molecule is Cc1ccc(N2CCN(c3ccccc3F)CC2)cc1C(F)(F)F. The zero-order valence-corrected chi connectivity index (χ0v) is 13.3. The van der Waals surface area contributed by atoms with E-state index < -0.39 is 11.7 Å². The summed E-state index contributed by atoms with van der Waals surface area (Å²) in [5, 5.41) is 0. The van der Waals surface area contributed by atoms with Gasteiger partial charge in [0.05, 0.1) is 11.3 Å². The molecule has 2 aromatic rings. The van der Waals surface area contributed by atoms with Gasteiger partial charge in [0.1, 0.15) is 5.82 Å². The first-order valence-electron chi connectivity index (χ1n) is 7.78. The summed E-state index contributed by atoms with van der Waals surface area (Å²) in [4.78, 5) is 3.83. The van der Waals surface area contributed by atoms with Gasteiger partial charge in [-0.1, -0.05) is 18.2 Å². The predicted molar refractivity (Wildman–Crippen MR) is 87.0 cm³/mol. The van der Waals surface area contributed by atoms with Crippen molar-refractivity contribution in [2.24, 2.45) is 0 Å². The van der Waals surface area contributed by atoms with E-state index in [-0.39, 0.29) is 11.4 Å². The van der Waals surface area contributed by atoms with Crippen LogP contribution in [0.3, 0.4) is 0 Å². The van der Waals surface area contributed by atoms with Gasteiger partial charge < -0.3 is 9.80 Å². The molecule has 0 unspecified atom stereocenters. The number of alkyl halides is 3. The maximum Gasteiger partial charge on any atom is 0.416 e. The Kier molecular flexibility index (Phi) is 4.39. The fourth-order valence-electron chi connectivity index (χ4n) is 3.03. The molecule has 1 aliphatic rings. The van der Waals surface area contributed by atoms with Crippen molar-refractivity contribution in [3.05, 3.63) is 59.4 Å². The van der Waals surface area contributed by atoms with Gasteiger partial charge in [0, 0.05) is 31.9 Å². The third-order valence-corrected chi connectivity index (χ3v) is 4.36. The molecule has 1 heterocycles. The Hall–Kier alpha value is -2.24. The summed E-state index contributed by atoms with van der Waals surface area (Å²) >= 11 is 0. The summed E-state index contributed by atoms with van der Waals surface area (Å²) < 4.78 is 53.0. The molecule has 1 saturated heterocycles. The van der Waals surface area contributed by atoms with Gasteiger partial charge >= 0.3 is 6.18 Å². The number of para-hydroxylation sites is 1. The number of piperazine rings is 1. The highest BCUT2D eigenvalue weighted by atomic mass is 19.4. The van der Waals surface area contributed by atoms with Crippen LogP contribution in [0.5, 0.6) is 0 Å². The van der Waals surface area contributed by atoms with Crippen molar-refractivity contribution in [1.82, 2.24) is 0 Å². The zero-order chi connectivity index (χ0) is 17.3. The van der Waals surface area contributed by atoms with E-state index in [9.17, 15) is 17.6 Å². The van der Waals surface area contributed by atoms with Crippen LogP contribution in [0.4, 0.5) is 28.9 Å². The van der Waals surface area contributed by atoms with E-state index >= 15 is 0 Å². The highest BCUT2D eigenvalue weighted by Crippen LogP contribution is 2.34. The van der Waals surface area contributed by atoms with Crippen molar-refractivity contribution >= 4 is 11.4 Å². The van der Waals surface area contributed by atoms with Crippen LogP contribution >= 0.6 is 0 Å². The number of rotatable bonds is 2. The molecule has 2 aromatic carbocycles. The Labute approximate surface area is 138 Å². The molecular weight excluding hydrogens is 320 g/mol. The number of anilines is 2. The second-order valence-corrected chi connectivity index (χ2v) is 5.92.